The molecule has 0 saturated carbocycles. The van der Waals surface area contributed by atoms with Crippen LogP contribution in [0.4, 0.5) is 5.00 Å². The van der Waals surface area contributed by atoms with Gasteiger partial charge in [-0.3, -0.25) is 14.0 Å². The average molecular weight is 589 g/mol. The van der Waals surface area contributed by atoms with Crippen molar-refractivity contribution in [3.05, 3.63) is 51.4 Å². The standard InChI is InChI=1S/C26H29ClN6O4S2/c1-4-15-8-9-17-19(11-15)39-24(21(17)25(35)36-5-2)28-20(34)14-38-26-30-29-23(22-18(27)13-32(3)31-22)33(26)12-16-7-6-10-37-16/h6-7,10,13,15H,4-5,8-9,11-12,14H2,1-3H3,(H,28,34)/t15-/m0/s1. The van der Waals surface area contributed by atoms with Gasteiger partial charge in [0.1, 0.15) is 16.5 Å². The van der Waals surface area contributed by atoms with Crippen molar-refractivity contribution in [2.75, 3.05) is 17.7 Å². The number of ether oxygens (including phenoxy) is 1. The van der Waals surface area contributed by atoms with Crippen LogP contribution in [0.1, 0.15) is 53.2 Å². The van der Waals surface area contributed by atoms with Crippen LogP contribution < -0.4 is 5.32 Å². The molecule has 206 valence electrons. The van der Waals surface area contributed by atoms with Gasteiger partial charge in [0.25, 0.3) is 0 Å². The van der Waals surface area contributed by atoms with E-state index in [1.807, 2.05) is 10.6 Å². The minimum absolute atomic E-state index is 0.0641. The van der Waals surface area contributed by atoms with Crippen LogP contribution in [-0.4, -0.2) is 48.8 Å². The molecule has 0 spiro atoms. The van der Waals surface area contributed by atoms with Crippen molar-refractivity contribution in [3.8, 4) is 11.5 Å². The molecule has 0 unspecified atom stereocenters. The number of thioether (sulfide) groups is 1. The van der Waals surface area contributed by atoms with Gasteiger partial charge in [-0.1, -0.05) is 36.7 Å². The zero-order valence-corrected chi connectivity index (χ0v) is 24.3. The molecule has 0 radical (unpaired) electrons. The second-order valence-electron chi connectivity index (χ2n) is 9.25. The Kier molecular flexibility index (Phi) is 8.43. The highest BCUT2D eigenvalue weighted by atomic mass is 35.5. The maximum absolute atomic E-state index is 13.1. The molecule has 1 amide bonds. The van der Waals surface area contributed by atoms with Crippen LogP contribution in [0.3, 0.4) is 0 Å². The van der Waals surface area contributed by atoms with Gasteiger partial charge < -0.3 is 14.5 Å². The summed E-state index contributed by atoms with van der Waals surface area (Å²) in [6.45, 7) is 4.59. The topological polar surface area (TPSA) is 117 Å². The first-order valence-electron chi connectivity index (χ1n) is 12.8. The summed E-state index contributed by atoms with van der Waals surface area (Å²) in [5.41, 5.74) is 2.00. The summed E-state index contributed by atoms with van der Waals surface area (Å²) in [4.78, 5) is 27.1. The predicted octanol–water partition coefficient (Wildman–Crippen LogP) is 5.46. The predicted molar refractivity (Wildman–Crippen MR) is 150 cm³/mol. The van der Waals surface area contributed by atoms with Crippen molar-refractivity contribution >= 4 is 51.6 Å². The van der Waals surface area contributed by atoms with E-state index in [0.29, 0.717) is 50.5 Å². The molecule has 4 aromatic heterocycles. The lowest BCUT2D eigenvalue weighted by atomic mass is 9.85. The number of halogens is 1. The molecule has 5 rings (SSSR count). The summed E-state index contributed by atoms with van der Waals surface area (Å²) in [6.07, 6.45) is 7.14. The molecule has 1 aliphatic rings. The van der Waals surface area contributed by atoms with Crippen LogP contribution >= 0.6 is 34.7 Å². The molecule has 1 aliphatic carbocycles. The number of aryl methyl sites for hydroxylation is 1. The number of aromatic nitrogens is 5. The fourth-order valence-corrected chi connectivity index (χ4v) is 7.05. The molecular formula is C26H29ClN6O4S2. The highest BCUT2D eigenvalue weighted by Crippen LogP contribution is 2.41. The molecule has 39 heavy (non-hydrogen) atoms. The van der Waals surface area contributed by atoms with E-state index in [1.54, 1.807) is 37.2 Å². The van der Waals surface area contributed by atoms with Crippen LogP contribution in [0.2, 0.25) is 5.02 Å². The number of carbonyl (C=O) groups excluding carboxylic acids is 2. The van der Waals surface area contributed by atoms with Gasteiger partial charge in [0, 0.05) is 18.1 Å². The SMILES string of the molecule is CCOC(=O)c1c(NC(=O)CSc2nnc(-c3nn(C)cc3Cl)n2Cc2ccco2)sc2c1CC[C@H](CC)C2. The third kappa shape index (κ3) is 5.92. The Labute approximate surface area is 239 Å². The van der Waals surface area contributed by atoms with E-state index in [1.165, 1.54) is 23.1 Å². The first kappa shape index (κ1) is 27.5. The maximum atomic E-state index is 13.1. The van der Waals surface area contributed by atoms with Gasteiger partial charge in [0.05, 0.1) is 35.8 Å². The van der Waals surface area contributed by atoms with Gasteiger partial charge in [-0.2, -0.15) is 5.10 Å². The molecule has 0 saturated heterocycles. The molecule has 1 N–H and O–H groups in total. The normalized spacial score (nSPS) is 14.8. The zero-order chi connectivity index (χ0) is 27.5. The molecule has 1 atom stereocenters. The first-order chi connectivity index (χ1) is 18.9. The average Bonchev–Trinajstić information content (AvgIpc) is 3.69. The van der Waals surface area contributed by atoms with E-state index < -0.39 is 0 Å². The summed E-state index contributed by atoms with van der Waals surface area (Å²) in [7, 11) is 1.78. The molecule has 0 fully saturated rings. The number of esters is 1. The molecule has 0 aromatic carbocycles. The Bertz CT molecular complexity index is 1480. The van der Waals surface area contributed by atoms with Crippen LogP contribution in [0, 0.1) is 5.92 Å². The number of carbonyl (C=O) groups is 2. The smallest absolute Gasteiger partial charge is 0.341 e. The van der Waals surface area contributed by atoms with Crippen LogP contribution in [-0.2, 0) is 36.0 Å². The number of nitrogens with one attached hydrogen (secondary N) is 1. The first-order valence-corrected chi connectivity index (χ1v) is 14.9. The molecule has 10 nitrogen and oxygen atoms in total. The van der Waals surface area contributed by atoms with Crippen LogP contribution in [0.15, 0.2) is 34.2 Å². The number of thiophene rings is 1. The largest absolute Gasteiger partial charge is 0.467 e. The Morgan fingerprint density at radius 2 is 2.18 bits per heavy atom. The van der Waals surface area contributed by atoms with E-state index in [-0.39, 0.29) is 24.2 Å². The van der Waals surface area contributed by atoms with E-state index in [2.05, 4.69) is 27.5 Å². The van der Waals surface area contributed by atoms with Crippen molar-refractivity contribution in [3.63, 3.8) is 0 Å². The Morgan fingerprint density at radius 1 is 1.33 bits per heavy atom. The second-order valence-corrected chi connectivity index (χ2v) is 11.7. The van der Waals surface area contributed by atoms with Gasteiger partial charge >= 0.3 is 5.97 Å². The van der Waals surface area contributed by atoms with Crippen LogP contribution in [0.5, 0.6) is 0 Å². The summed E-state index contributed by atoms with van der Waals surface area (Å²) >= 11 is 9.11. The summed E-state index contributed by atoms with van der Waals surface area (Å²) in [5.74, 6) is 1.19. The lowest BCUT2D eigenvalue weighted by Crippen LogP contribution is -2.18. The molecule has 0 aliphatic heterocycles. The van der Waals surface area contributed by atoms with Crippen molar-refractivity contribution in [1.82, 2.24) is 24.5 Å². The number of amides is 1. The van der Waals surface area contributed by atoms with Crippen molar-refractivity contribution in [2.24, 2.45) is 13.0 Å². The van der Waals surface area contributed by atoms with Crippen LogP contribution in [0.25, 0.3) is 11.5 Å². The molecule has 0 bridgehead atoms. The summed E-state index contributed by atoms with van der Waals surface area (Å²) < 4.78 is 14.3. The Morgan fingerprint density at radius 3 is 2.87 bits per heavy atom. The monoisotopic (exact) mass is 588 g/mol. The van der Waals surface area contributed by atoms with E-state index in [9.17, 15) is 9.59 Å². The number of furan rings is 1. The highest BCUT2D eigenvalue weighted by Gasteiger charge is 2.30. The third-order valence-corrected chi connectivity index (χ3v) is 9.03. The fourth-order valence-electron chi connectivity index (χ4n) is 4.69. The number of rotatable bonds is 10. The van der Waals surface area contributed by atoms with Crippen molar-refractivity contribution in [1.29, 1.82) is 0 Å². The fraction of sp³-hybridized carbons (Fsp3) is 0.423. The van der Waals surface area contributed by atoms with Gasteiger partial charge in [-0.25, -0.2) is 4.79 Å². The van der Waals surface area contributed by atoms with Crippen molar-refractivity contribution in [2.45, 2.75) is 51.2 Å². The number of hydrogen-bond donors (Lipinski definition) is 1. The van der Waals surface area contributed by atoms with E-state index in [4.69, 9.17) is 20.8 Å². The van der Waals surface area contributed by atoms with Gasteiger partial charge in [-0.15, -0.1) is 21.5 Å². The molecule has 13 heteroatoms. The minimum atomic E-state index is -0.386. The Balaban J connectivity index is 1.36. The van der Waals surface area contributed by atoms with E-state index in [0.717, 1.165) is 36.1 Å². The van der Waals surface area contributed by atoms with Gasteiger partial charge in [0.15, 0.2) is 11.0 Å². The molecule has 4 heterocycles. The van der Waals surface area contributed by atoms with Gasteiger partial charge in [0.2, 0.25) is 5.91 Å². The summed E-state index contributed by atoms with van der Waals surface area (Å²) in [5, 5.41) is 17.5. The minimum Gasteiger partial charge on any atom is -0.467 e. The number of nitrogens with zero attached hydrogens (tertiary/aromatic N) is 5. The lowest BCUT2D eigenvalue weighted by molar-refractivity contribution is -0.113. The molecule has 4 aromatic rings. The molecular weight excluding hydrogens is 560 g/mol. The van der Waals surface area contributed by atoms with E-state index >= 15 is 0 Å². The van der Waals surface area contributed by atoms with Gasteiger partial charge in [-0.05, 0) is 49.8 Å². The number of hydrogen-bond acceptors (Lipinski definition) is 9. The zero-order valence-electron chi connectivity index (χ0n) is 21.9. The van der Waals surface area contributed by atoms with Crippen molar-refractivity contribution < 1.29 is 18.7 Å². The number of fused-ring (bicyclic) bond motifs is 1. The summed E-state index contributed by atoms with van der Waals surface area (Å²) in [6, 6.07) is 3.65. The maximum Gasteiger partial charge on any atom is 0.341 e. The highest BCUT2D eigenvalue weighted by molar-refractivity contribution is 7.99. The lowest BCUT2D eigenvalue weighted by Gasteiger charge is -2.20. The third-order valence-electron chi connectivity index (χ3n) is 6.62. The quantitative estimate of drug-likeness (QED) is 0.192. The number of anilines is 1. The second kappa shape index (κ2) is 12.0. The Hall–Kier alpha value is -3.09.